The maximum absolute atomic E-state index is 12.2. The van der Waals surface area contributed by atoms with Gasteiger partial charge in [-0.25, -0.2) is 14.9 Å². The summed E-state index contributed by atoms with van der Waals surface area (Å²) in [5.41, 5.74) is 0.565. The highest BCUT2D eigenvalue weighted by Crippen LogP contribution is 2.29. The second kappa shape index (κ2) is 9.05. The third-order valence-corrected chi connectivity index (χ3v) is 5.62. The number of unbranched alkanes of at least 4 members (excludes halogenated alkanes) is 1. The number of H-pyrrole nitrogens is 1. The van der Waals surface area contributed by atoms with Gasteiger partial charge in [0.1, 0.15) is 5.75 Å². The van der Waals surface area contributed by atoms with Crippen LogP contribution in [0, 0.1) is 0 Å². The molecule has 0 saturated heterocycles. The maximum atomic E-state index is 12.2. The first-order valence-electron chi connectivity index (χ1n) is 8.72. The zero-order valence-corrected chi connectivity index (χ0v) is 16.8. The van der Waals surface area contributed by atoms with E-state index in [1.165, 1.54) is 23.1 Å². The Bertz CT molecular complexity index is 979. The number of hydrogen-bond acceptors (Lipinski definition) is 7. The van der Waals surface area contributed by atoms with Crippen molar-refractivity contribution in [1.82, 2.24) is 19.7 Å². The van der Waals surface area contributed by atoms with Gasteiger partial charge in [-0.15, -0.1) is 5.10 Å². The Morgan fingerprint density at radius 1 is 1.41 bits per heavy atom. The Morgan fingerprint density at radius 2 is 2.26 bits per heavy atom. The predicted molar refractivity (Wildman–Crippen MR) is 108 cm³/mol. The van der Waals surface area contributed by atoms with Crippen molar-refractivity contribution < 1.29 is 9.53 Å². The highest BCUT2D eigenvalue weighted by molar-refractivity contribution is 7.99. The van der Waals surface area contributed by atoms with E-state index >= 15 is 0 Å². The molecule has 0 unspecified atom stereocenters. The number of ether oxygens (including phenoxy) is 1. The van der Waals surface area contributed by atoms with E-state index in [0.717, 1.165) is 28.8 Å². The number of nitrogens with one attached hydrogen (secondary N) is 2. The van der Waals surface area contributed by atoms with Crippen molar-refractivity contribution in [1.29, 1.82) is 0 Å². The summed E-state index contributed by atoms with van der Waals surface area (Å²) >= 11 is 2.62. The van der Waals surface area contributed by atoms with Gasteiger partial charge in [-0.3, -0.25) is 9.36 Å². The van der Waals surface area contributed by atoms with Crippen LogP contribution in [-0.4, -0.2) is 38.0 Å². The molecule has 8 nitrogen and oxygen atoms in total. The topological polar surface area (TPSA) is 102 Å². The lowest BCUT2D eigenvalue weighted by Gasteiger charge is -2.04. The van der Waals surface area contributed by atoms with Crippen LogP contribution in [0.4, 0.5) is 5.13 Å². The number of aromatic nitrogens is 4. The number of carbonyl (C=O) groups excluding carboxylic acids is 1. The number of thioether (sulfide) groups is 1. The minimum absolute atomic E-state index is 0.149. The van der Waals surface area contributed by atoms with Crippen molar-refractivity contribution >= 4 is 44.4 Å². The molecular formula is C17H21N5O3S2. The maximum Gasteiger partial charge on any atom is 0.343 e. The van der Waals surface area contributed by atoms with E-state index in [2.05, 4.69) is 27.4 Å². The Hall–Kier alpha value is -2.33. The van der Waals surface area contributed by atoms with E-state index in [9.17, 15) is 9.59 Å². The van der Waals surface area contributed by atoms with Gasteiger partial charge < -0.3 is 10.1 Å². The summed E-state index contributed by atoms with van der Waals surface area (Å²) in [6.07, 6.45) is 1.86. The second-order valence-electron chi connectivity index (χ2n) is 5.73. The van der Waals surface area contributed by atoms with Gasteiger partial charge in [0.2, 0.25) is 5.91 Å². The minimum atomic E-state index is -0.248. The number of aromatic amines is 1. The van der Waals surface area contributed by atoms with Gasteiger partial charge in [-0.05, 0) is 31.5 Å². The molecule has 1 aromatic carbocycles. The van der Waals surface area contributed by atoms with Gasteiger partial charge in [-0.1, -0.05) is 36.4 Å². The summed E-state index contributed by atoms with van der Waals surface area (Å²) in [6, 6.07) is 5.65. The predicted octanol–water partition coefficient (Wildman–Crippen LogP) is 3.11. The lowest BCUT2D eigenvalue weighted by molar-refractivity contribution is -0.113. The van der Waals surface area contributed by atoms with E-state index in [0.29, 0.717) is 23.4 Å². The van der Waals surface area contributed by atoms with E-state index in [1.807, 2.05) is 25.1 Å². The molecule has 0 spiro atoms. The molecule has 1 amide bonds. The van der Waals surface area contributed by atoms with E-state index in [4.69, 9.17) is 4.74 Å². The molecule has 10 heteroatoms. The average molecular weight is 408 g/mol. The molecular weight excluding hydrogens is 386 g/mol. The van der Waals surface area contributed by atoms with Crippen molar-refractivity contribution in [2.45, 2.75) is 38.4 Å². The van der Waals surface area contributed by atoms with Crippen LogP contribution in [0.2, 0.25) is 0 Å². The number of rotatable bonds is 9. The van der Waals surface area contributed by atoms with Gasteiger partial charge in [0.05, 0.1) is 22.6 Å². The monoisotopic (exact) mass is 407 g/mol. The van der Waals surface area contributed by atoms with Crippen LogP contribution in [0.25, 0.3) is 10.2 Å². The number of fused-ring (bicyclic) bond motifs is 1. The van der Waals surface area contributed by atoms with E-state index in [-0.39, 0.29) is 17.3 Å². The number of anilines is 1. The molecule has 0 bridgehead atoms. The average Bonchev–Trinajstić information content (AvgIpc) is 3.20. The molecule has 2 N–H and O–H groups in total. The lowest BCUT2D eigenvalue weighted by Crippen LogP contribution is -2.18. The minimum Gasteiger partial charge on any atom is -0.494 e. The van der Waals surface area contributed by atoms with Crippen molar-refractivity contribution in [2.24, 2.45) is 0 Å². The Morgan fingerprint density at radius 3 is 3.04 bits per heavy atom. The van der Waals surface area contributed by atoms with Gasteiger partial charge in [0.25, 0.3) is 0 Å². The second-order valence-corrected chi connectivity index (χ2v) is 7.71. The zero-order chi connectivity index (χ0) is 19.2. The number of thiazole rings is 1. The molecule has 2 heterocycles. The molecule has 2 aromatic heterocycles. The summed E-state index contributed by atoms with van der Waals surface area (Å²) in [6.45, 7) is 5.18. The van der Waals surface area contributed by atoms with Gasteiger partial charge in [-0.2, -0.15) is 0 Å². The largest absolute Gasteiger partial charge is 0.494 e. The number of amides is 1. The number of hydrogen-bond donors (Lipinski definition) is 2. The molecule has 0 saturated carbocycles. The van der Waals surface area contributed by atoms with Crippen LogP contribution < -0.4 is 15.7 Å². The van der Waals surface area contributed by atoms with Gasteiger partial charge in [0.15, 0.2) is 10.3 Å². The molecule has 0 radical (unpaired) electrons. The van der Waals surface area contributed by atoms with E-state index in [1.54, 1.807) is 4.57 Å². The third-order valence-electron chi connectivity index (χ3n) is 3.71. The third kappa shape index (κ3) is 4.89. The van der Waals surface area contributed by atoms with Gasteiger partial charge in [0, 0.05) is 6.54 Å². The van der Waals surface area contributed by atoms with Gasteiger partial charge >= 0.3 is 5.69 Å². The SMILES string of the molecule is CCCCn1c(SCC(=O)Nc2nc3ccc(OCC)cc3s2)n[nH]c1=O. The van der Waals surface area contributed by atoms with Crippen molar-refractivity contribution in [2.75, 3.05) is 17.7 Å². The summed E-state index contributed by atoms with van der Waals surface area (Å²) in [7, 11) is 0. The number of nitrogens with zero attached hydrogens (tertiary/aromatic N) is 3. The molecule has 144 valence electrons. The first-order chi connectivity index (χ1) is 13.1. The highest BCUT2D eigenvalue weighted by Gasteiger charge is 2.13. The number of benzene rings is 1. The van der Waals surface area contributed by atoms with Crippen molar-refractivity contribution in [3.63, 3.8) is 0 Å². The summed E-state index contributed by atoms with van der Waals surface area (Å²) in [4.78, 5) is 28.4. The van der Waals surface area contributed by atoms with Crippen LogP contribution >= 0.6 is 23.1 Å². The normalized spacial score (nSPS) is 11.0. The van der Waals surface area contributed by atoms with Crippen LogP contribution in [0.3, 0.4) is 0 Å². The molecule has 0 atom stereocenters. The quantitative estimate of drug-likeness (QED) is 0.529. The highest BCUT2D eigenvalue weighted by atomic mass is 32.2. The fraction of sp³-hybridized carbons (Fsp3) is 0.412. The summed E-state index contributed by atoms with van der Waals surface area (Å²) in [5, 5.41) is 10.3. The Kier molecular flexibility index (Phi) is 6.51. The fourth-order valence-electron chi connectivity index (χ4n) is 2.43. The fourth-order valence-corrected chi connectivity index (χ4v) is 4.11. The first kappa shape index (κ1) is 19.4. The molecule has 0 aliphatic heterocycles. The van der Waals surface area contributed by atoms with Crippen LogP contribution in [0.1, 0.15) is 26.7 Å². The molecule has 3 aromatic rings. The first-order valence-corrected chi connectivity index (χ1v) is 10.5. The lowest BCUT2D eigenvalue weighted by atomic mass is 10.3. The number of carbonyl (C=O) groups is 1. The van der Waals surface area contributed by atoms with Crippen LogP contribution in [0.5, 0.6) is 5.75 Å². The van der Waals surface area contributed by atoms with Crippen molar-refractivity contribution in [3.8, 4) is 5.75 Å². The van der Waals surface area contributed by atoms with Crippen LogP contribution in [-0.2, 0) is 11.3 Å². The summed E-state index contributed by atoms with van der Waals surface area (Å²) < 4.78 is 8.00. The molecule has 27 heavy (non-hydrogen) atoms. The zero-order valence-electron chi connectivity index (χ0n) is 15.2. The molecule has 0 fully saturated rings. The molecule has 0 aliphatic carbocycles. The van der Waals surface area contributed by atoms with Crippen LogP contribution in [0.15, 0.2) is 28.2 Å². The smallest absolute Gasteiger partial charge is 0.343 e. The van der Waals surface area contributed by atoms with E-state index < -0.39 is 0 Å². The molecule has 3 rings (SSSR count). The Balaban J connectivity index is 1.61. The summed E-state index contributed by atoms with van der Waals surface area (Å²) in [5.74, 6) is 0.739. The van der Waals surface area contributed by atoms with Crippen molar-refractivity contribution in [3.05, 3.63) is 28.7 Å². The Labute approximate surface area is 164 Å². The standard InChI is InChI=1S/C17H21N5O3S2/c1-3-5-8-22-16(24)20-21-17(22)26-10-14(23)19-15-18-12-7-6-11(25-4-2)9-13(12)27-15/h6-7,9H,3-5,8,10H2,1-2H3,(H,20,24)(H,18,19,23). The molecule has 0 aliphatic rings.